The minimum Gasteiger partial charge on any atom is -0.356 e. The lowest BCUT2D eigenvalue weighted by Crippen LogP contribution is -2.40. The zero-order valence-corrected chi connectivity index (χ0v) is 20.0. The van der Waals surface area contributed by atoms with Crippen LogP contribution in [0.3, 0.4) is 0 Å². The van der Waals surface area contributed by atoms with Crippen molar-refractivity contribution in [3.63, 3.8) is 0 Å². The lowest BCUT2D eigenvalue weighted by atomic mass is 10.0. The van der Waals surface area contributed by atoms with Crippen molar-refractivity contribution in [2.45, 2.75) is 65.3 Å². The molecule has 0 radical (unpaired) electrons. The van der Waals surface area contributed by atoms with Gasteiger partial charge in [-0.2, -0.15) is 0 Å². The SMILES string of the molecule is CN=C(NCCCCN1CCCCC1C)NCCc1nc(C)c(C)s1.I. The van der Waals surface area contributed by atoms with Crippen LogP contribution in [0.5, 0.6) is 0 Å². The Hall–Kier alpha value is -0.410. The average Bonchev–Trinajstić information content (AvgIpc) is 2.92. The van der Waals surface area contributed by atoms with E-state index in [1.54, 1.807) is 11.3 Å². The summed E-state index contributed by atoms with van der Waals surface area (Å²) < 4.78 is 0. The molecule has 2 N–H and O–H groups in total. The number of nitrogens with zero attached hydrogens (tertiary/aromatic N) is 3. The van der Waals surface area contributed by atoms with Gasteiger partial charge in [0.2, 0.25) is 0 Å². The van der Waals surface area contributed by atoms with Gasteiger partial charge in [0.15, 0.2) is 5.96 Å². The predicted octanol–water partition coefficient (Wildman–Crippen LogP) is 3.74. The number of halogens is 1. The second-order valence-electron chi connectivity index (χ2n) is 7.01. The van der Waals surface area contributed by atoms with Crippen LogP contribution in [0.25, 0.3) is 0 Å². The van der Waals surface area contributed by atoms with Gasteiger partial charge in [-0.1, -0.05) is 6.42 Å². The summed E-state index contributed by atoms with van der Waals surface area (Å²) in [7, 11) is 1.84. The summed E-state index contributed by atoms with van der Waals surface area (Å²) in [5, 5.41) is 8.02. The molecule has 1 aliphatic heterocycles. The maximum absolute atomic E-state index is 4.58. The number of thiazole rings is 1. The Morgan fingerprint density at radius 3 is 2.65 bits per heavy atom. The summed E-state index contributed by atoms with van der Waals surface area (Å²) in [5.41, 5.74) is 1.16. The summed E-state index contributed by atoms with van der Waals surface area (Å²) >= 11 is 1.80. The number of nitrogens with one attached hydrogen (secondary N) is 2. The Bertz CT molecular complexity index is 527. The summed E-state index contributed by atoms with van der Waals surface area (Å²) in [6.45, 7) is 11.0. The molecule has 0 aliphatic carbocycles. The van der Waals surface area contributed by atoms with E-state index in [-0.39, 0.29) is 24.0 Å². The van der Waals surface area contributed by atoms with Crippen LogP contribution < -0.4 is 10.6 Å². The van der Waals surface area contributed by atoms with Gasteiger partial charge in [-0.05, 0) is 59.5 Å². The van der Waals surface area contributed by atoms with Crippen molar-refractivity contribution in [1.29, 1.82) is 0 Å². The molecule has 1 aromatic rings. The van der Waals surface area contributed by atoms with E-state index in [0.29, 0.717) is 0 Å². The molecule has 5 nitrogen and oxygen atoms in total. The van der Waals surface area contributed by atoms with Crippen molar-refractivity contribution in [3.8, 4) is 0 Å². The van der Waals surface area contributed by atoms with Gasteiger partial charge in [0, 0.05) is 37.5 Å². The molecule has 0 aromatic carbocycles. The van der Waals surface area contributed by atoms with E-state index in [4.69, 9.17) is 0 Å². The first kappa shape index (κ1) is 23.6. The number of hydrogen-bond acceptors (Lipinski definition) is 4. The van der Waals surface area contributed by atoms with E-state index in [2.05, 4.69) is 46.3 Å². The topological polar surface area (TPSA) is 52.6 Å². The zero-order valence-electron chi connectivity index (χ0n) is 16.8. The molecule has 2 heterocycles. The number of piperidine rings is 1. The molecule has 1 atom stereocenters. The fourth-order valence-electron chi connectivity index (χ4n) is 3.29. The molecule has 150 valence electrons. The van der Waals surface area contributed by atoms with E-state index in [1.165, 1.54) is 55.1 Å². The minimum atomic E-state index is 0. The van der Waals surface area contributed by atoms with Gasteiger partial charge < -0.3 is 15.5 Å². The number of unbranched alkanes of at least 4 members (excludes halogenated alkanes) is 1. The van der Waals surface area contributed by atoms with Crippen LogP contribution >= 0.6 is 35.3 Å². The first-order chi connectivity index (χ1) is 12.1. The Balaban J connectivity index is 0.00000338. The molecule has 1 aliphatic rings. The third-order valence-electron chi connectivity index (χ3n) is 5.03. The van der Waals surface area contributed by atoms with Gasteiger partial charge in [0.1, 0.15) is 0 Å². The molecule has 1 aromatic heterocycles. The highest BCUT2D eigenvalue weighted by molar-refractivity contribution is 14.0. The van der Waals surface area contributed by atoms with Crippen molar-refractivity contribution < 1.29 is 0 Å². The van der Waals surface area contributed by atoms with Crippen LogP contribution in [0.4, 0.5) is 0 Å². The molecule has 0 bridgehead atoms. The Morgan fingerprint density at radius 2 is 2.00 bits per heavy atom. The quantitative estimate of drug-likeness (QED) is 0.251. The van der Waals surface area contributed by atoms with Crippen molar-refractivity contribution >= 4 is 41.3 Å². The highest BCUT2D eigenvalue weighted by Crippen LogP contribution is 2.17. The van der Waals surface area contributed by atoms with Crippen LogP contribution in [0.2, 0.25) is 0 Å². The monoisotopic (exact) mass is 493 g/mol. The third-order valence-corrected chi connectivity index (χ3v) is 6.17. The highest BCUT2D eigenvalue weighted by Gasteiger charge is 2.16. The smallest absolute Gasteiger partial charge is 0.190 e. The first-order valence-corrected chi connectivity index (χ1v) is 10.5. The Labute approximate surface area is 180 Å². The number of guanidine groups is 1. The van der Waals surface area contributed by atoms with Gasteiger partial charge in [0.05, 0.1) is 10.7 Å². The molecular formula is C19H36IN5S. The number of hydrogen-bond donors (Lipinski definition) is 2. The van der Waals surface area contributed by atoms with Gasteiger partial charge in [-0.15, -0.1) is 35.3 Å². The van der Waals surface area contributed by atoms with Gasteiger partial charge in [-0.3, -0.25) is 4.99 Å². The van der Waals surface area contributed by atoms with Crippen LogP contribution in [-0.4, -0.2) is 55.1 Å². The van der Waals surface area contributed by atoms with E-state index in [1.807, 2.05) is 7.05 Å². The Kier molecular flexibility index (Phi) is 11.7. The van der Waals surface area contributed by atoms with Crippen LogP contribution in [0.15, 0.2) is 4.99 Å². The number of rotatable bonds is 8. The van der Waals surface area contributed by atoms with Crippen molar-refractivity contribution in [2.24, 2.45) is 4.99 Å². The molecule has 26 heavy (non-hydrogen) atoms. The summed E-state index contributed by atoms with van der Waals surface area (Å²) in [6, 6.07) is 0.772. The number of aromatic nitrogens is 1. The maximum Gasteiger partial charge on any atom is 0.190 e. The zero-order chi connectivity index (χ0) is 18.1. The first-order valence-electron chi connectivity index (χ1n) is 9.71. The predicted molar refractivity (Wildman–Crippen MR) is 124 cm³/mol. The molecule has 1 unspecified atom stereocenters. The van der Waals surface area contributed by atoms with Crippen LogP contribution in [0, 0.1) is 13.8 Å². The van der Waals surface area contributed by atoms with Crippen molar-refractivity contribution in [2.75, 3.05) is 33.2 Å². The number of likely N-dealkylation sites (tertiary alicyclic amines) is 1. The normalized spacial score (nSPS) is 18.5. The maximum atomic E-state index is 4.58. The third kappa shape index (κ3) is 8.08. The molecule has 1 fully saturated rings. The molecule has 0 saturated carbocycles. The lowest BCUT2D eigenvalue weighted by Gasteiger charge is -2.33. The average molecular weight is 494 g/mol. The van der Waals surface area contributed by atoms with E-state index in [9.17, 15) is 0 Å². The Morgan fingerprint density at radius 1 is 1.23 bits per heavy atom. The van der Waals surface area contributed by atoms with Crippen molar-refractivity contribution in [1.82, 2.24) is 20.5 Å². The van der Waals surface area contributed by atoms with Gasteiger partial charge >= 0.3 is 0 Å². The number of aryl methyl sites for hydroxylation is 2. The van der Waals surface area contributed by atoms with Crippen molar-refractivity contribution in [3.05, 3.63) is 15.6 Å². The van der Waals surface area contributed by atoms with Crippen LogP contribution in [0.1, 0.15) is 54.6 Å². The highest BCUT2D eigenvalue weighted by atomic mass is 127. The fraction of sp³-hybridized carbons (Fsp3) is 0.789. The number of aliphatic imine (C=N–C) groups is 1. The second kappa shape index (κ2) is 12.9. The van der Waals surface area contributed by atoms with E-state index >= 15 is 0 Å². The minimum absolute atomic E-state index is 0. The molecule has 2 rings (SSSR count). The van der Waals surface area contributed by atoms with Crippen LogP contribution in [-0.2, 0) is 6.42 Å². The lowest BCUT2D eigenvalue weighted by molar-refractivity contribution is 0.158. The van der Waals surface area contributed by atoms with E-state index < -0.39 is 0 Å². The molecule has 0 amide bonds. The van der Waals surface area contributed by atoms with Gasteiger partial charge in [0.25, 0.3) is 0 Å². The summed E-state index contributed by atoms with van der Waals surface area (Å²) in [5.74, 6) is 0.899. The van der Waals surface area contributed by atoms with Gasteiger partial charge in [-0.25, -0.2) is 4.98 Å². The largest absolute Gasteiger partial charge is 0.356 e. The summed E-state index contributed by atoms with van der Waals surface area (Å²) in [4.78, 5) is 12.9. The van der Waals surface area contributed by atoms with E-state index in [0.717, 1.165) is 37.2 Å². The summed E-state index contributed by atoms with van der Waals surface area (Å²) in [6.07, 6.45) is 7.54. The molecule has 7 heteroatoms. The second-order valence-corrected chi connectivity index (χ2v) is 8.30. The molecule has 0 spiro atoms. The molecule has 1 saturated heterocycles. The standard InChI is InChI=1S/C19H35N5S.HI/c1-15-9-5-7-13-24(15)14-8-6-11-21-19(20-4)22-12-10-18-23-16(2)17(3)25-18;/h15H,5-14H2,1-4H3,(H2,20,21,22);1H. The fourth-order valence-corrected chi connectivity index (χ4v) is 4.22. The molecular weight excluding hydrogens is 457 g/mol.